The fourth-order valence-electron chi connectivity index (χ4n) is 2.80. The normalized spacial score (nSPS) is 11.1. The topological polar surface area (TPSA) is 56.3 Å². The number of hydrogen-bond donors (Lipinski definition) is 0. The van der Waals surface area contributed by atoms with Gasteiger partial charge in [-0.15, -0.1) is 0 Å². The molecule has 1 heterocycles. The lowest BCUT2D eigenvalue weighted by molar-refractivity contribution is -0.384. The molecule has 0 aliphatic carbocycles. The highest BCUT2D eigenvalue weighted by Gasteiger charge is 2.14. The Balaban J connectivity index is 2.04. The van der Waals surface area contributed by atoms with Crippen molar-refractivity contribution in [3.05, 3.63) is 77.0 Å². The first-order valence-electron chi connectivity index (χ1n) is 6.88. The van der Waals surface area contributed by atoms with Crippen LogP contribution in [0.2, 0.25) is 0 Å². The van der Waals surface area contributed by atoms with Gasteiger partial charge in [0.2, 0.25) is 0 Å². The van der Waals surface area contributed by atoms with Crippen molar-refractivity contribution in [1.29, 1.82) is 0 Å². The molecule has 4 nitrogen and oxygen atoms in total. The Hall–Kier alpha value is -3.14. The van der Waals surface area contributed by atoms with Gasteiger partial charge in [0.15, 0.2) is 0 Å². The second-order valence-electron chi connectivity index (χ2n) is 5.11. The van der Waals surface area contributed by atoms with Crippen LogP contribution in [0.4, 0.5) is 5.69 Å². The number of hydrogen-bond acceptors (Lipinski definition) is 3. The molecule has 22 heavy (non-hydrogen) atoms. The van der Waals surface area contributed by atoms with E-state index in [-0.39, 0.29) is 10.6 Å². The SMILES string of the molecule is O=[N+]([O-])c1ccc2occ(-c3cccc4ccccc34)c2c1. The van der Waals surface area contributed by atoms with E-state index in [1.54, 1.807) is 18.4 Å². The Morgan fingerprint density at radius 3 is 2.55 bits per heavy atom. The molecule has 106 valence electrons. The second kappa shape index (κ2) is 4.70. The number of furan rings is 1. The summed E-state index contributed by atoms with van der Waals surface area (Å²) >= 11 is 0. The fraction of sp³-hybridized carbons (Fsp3) is 0. The van der Waals surface area contributed by atoms with E-state index in [2.05, 4.69) is 0 Å². The summed E-state index contributed by atoms with van der Waals surface area (Å²) in [6, 6.07) is 18.8. The molecule has 0 spiro atoms. The van der Waals surface area contributed by atoms with Crippen molar-refractivity contribution < 1.29 is 9.34 Å². The highest BCUT2D eigenvalue weighted by atomic mass is 16.6. The zero-order valence-electron chi connectivity index (χ0n) is 11.5. The van der Waals surface area contributed by atoms with E-state index in [0.717, 1.165) is 27.3 Å². The molecule has 0 saturated heterocycles. The van der Waals surface area contributed by atoms with Crippen LogP contribution in [0.1, 0.15) is 0 Å². The van der Waals surface area contributed by atoms with E-state index in [4.69, 9.17) is 4.42 Å². The molecule has 4 aromatic rings. The number of fused-ring (bicyclic) bond motifs is 2. The highest BCUT2D eigenvalue weighted by Crippen LogP contribution is 2.36. The van der Waals surface area contributed by atoms with Crippen molar-refractivity contribution in [2.24, 2.45) is 0 Å². The highest BCUT2D eigenvalue weighted by molar-refractivity contribution is 6.04. The van der Waals surface area contributed by atoms with Crippen LogP contribution in [0.15, 0.2) is 71.3 Å². The van der Waals surface area contributed by atoms with E-state index >= 15 is 0 Å². The first kappa shape index (κ1) is 12.6. The van der Waals surface area contributed by atoms with E-state index in [9.17, 15) is 10.1 Å². The van der Waals surface area contributed by atoms with Gasteiger partial charge in [0.25, 0.3) is 5.69 Å². The summed E-state index contributed by atoms with van der Waals surface area (Å²) in [6.07, 6.45) is 1.66. The molecule has 0 aliphatic heterocycles. The van der Waals surface area contributed by atoms with Gasteiger partial charge in [0.1, 0.15) is 5.58 Å². The average Bonchev–Trinajstić information content (AvgIpc) is 2.97. The summed E-state index contributed by atoms with van der Waals surface area (Å²) in [7, 11) is 0. The minimum absolute atomic E-state index is 0.0652. The largest absolute Gasteiger partial charge is 0.464 e. The van der Waals surface area contributed by atoms with Gasteiger partial charge in [-0.05, 0) is 22.4 Å². The third kappa shape index (κ3) is 1.85. The first-order valence-corrected chi connectivity index (χ1v) is 6.88. The van der Waals surface area contributed by atoms with Gasteiger partial charge in [-0.1, -0.05) is 42.5 Å². The second-order valence-corrected chi connectivity index (χ2v) is 5.11. The quantitative estimate of drug-likeness (QED) is 0.378. The van der Waals surface area contributed by atoms with E-state index in [1.807, 2.05) is 42.5 Å². The minimum atomic E-state index is -0.390. The Morgan fingerprint density at radius 1 is 0.864 bits per heavy atom. The van der Waals surface area contributed by atoms with Crippen molar-refractivity contribution in [3.8, 4) is 11.1 Å². The molecule has 0 fully saturated rings. The summed E-state index contributed by atoms with van der Waals surface area (Å²) in [5, 5.41) is 14.0. The maximum absolute atomic E-state index is 11.0. The van der Waals surface area contributed by atoms with Crippen molar-refractivity contribution in [2.45, 2.75) is 0 Å². The number of nitro groups is 1. The third-order valence-corrected chi connectivity index (χ3v) is 3.85. The molecule has 3 aromatic carbocycles. The Morgan fingerprint density at radius 2 is 1.68 bits per heavy atom. The molecule has 0 unspecified atom stereocenters. The Labute approximate surface area is 125 Å². The third-order valence-electron chi connectivity index (χ3n) is 3.85. The smallest absolute Gasteiger partial charge is 0.270 e. The van der Waals surface area contributed by atoms with Gasteiger partial charge < -0.3 is 4.42 Å². The Kier molecular flexibility index (Phi) is 2.69. The maximum Gasteiger partial charge on any atom is 0.270 e. The monoisotopic (exact) mass is 289 g/mol. The van der Waals surface area contributed by atoms with Gasteiger partial charge in [-0.3, -0.25) is 10.1 Å². The summed E-state index contributed by atoms with van der Waals surface area (Å²) in [6.45, 7) is 0. The zero-order chi connectivity index (χ0) is 15.1. The van der Waals surface area contributed by atoms with Crippen LogP contribution in [-0.2, 0) is 0 Å². The molecule has 4 heteroatoms. The Bertz CT molecular complexity index is 1010. The van der Waals surface area contributed by atoms with E-state index in [1.165, 1.54) is 6.07 Å². The molecular formula is C18H11NO3. The molecule has 4 rings (SSSR count). The molecule has 1 aromatic heterocycles. The molecule has 0 amide bonds. The molecule has 0 bridgehead atoms. The van der Waals surface area contributed by atoms with Crippen molar-refractivity contribution >= 4 is 27.4 Å². The lowest BCUT2D eigenvalue weighted by Crippen LogP contribution is -1.87. The van der Waals surface area contributed by atoms with Crippen molar-refractivity contribution in [1.82, 2.24) is 0 Å². The van der Waals surface area contributed by atoms with Crippen LogP contribution in [0, 0.1) is 10.1 Å². The first-order chi connectivity index (χ1) is 10.7. The summed E-state index contributed by atoms with van der Waals surface area (Å²) in [4.78, 5) is 10.6. The van der Waals surface area contributed by atoms with Crippen LogP contribution >= 0.6 is 0 Å². The van der Waals surface area contributed by atoms with Crippen LogP contribution in [0.25, 0.3) is 32.9 Å². The van der Waals surface area contributed by atoms with Crippen LogP contribution in [0.3, 0.4) is 0 Å². The predicted molar refractivity (Wildman–Crippen MR) is 85.8 cm³/mol. The summed E-state index contributed by atoms with van der Waals surface area (Å²) in [5.41, 5.74) is 2.59. The van der Waals surface area contributed by atoms with Crippen LogP contribution in [-0.4, -0.2) is 4.92 Å². The van der Waals surface area contributed by atoms with E-state index < -0.39 is 0 Å². The van der Waals surface area contributed by atoms with Gasteiger partial charge in [-0.2, -0.15) is 0 Å². The maximum atomic E-state index is 11.0. The minimum Gasteiger partial charge on any atom is -0.464 e. The molecule has 0 N–H and O–H groups in total. The number of non-ortho nitro benzene ring substituents is 1. The lowest BCUT2D eigenvalue weighted by Gasteiger charge is -2.04. The number of nitro benzene ring substituents is 1. The van der Waals surface area contributed by atoms with Crippen LogP contribution < -0.4 is 0 Å². The zero-order valence-corrected chi connectivity index (χ0v) is 11.5. The van der Waals surface area contributed by atoms with E-state index in [0.29, 0.717) is 5.58 Å². The van der Waals surface area contributed by atoms with Crippen LogP contribution in [0.5, 0.6) is 0 Å². The van der Waals surface area contributed by atoms with Gasteiger partial charge >= 0.3 is 0 Å². The standard InChI is InChI=1S/C18H11NO3/c20-19(21)13-8-9-18-16(10-13)17(11-22-18)15-7-3-5-12-4-1-2-6-14(12)15/h1-11H. The lowest BCUT2D eigenvalue weighted by atomic mass is 9.98. The van der Waals surface area contributed by atoms with Gasteiger partial charge in [-0.25, -0.2) is 0 Å². The number of benzene rings is 3. The number of nitrogens with zero attached hydrogens (tertiary/aromatic N) is 1. The van der Waals surface area contributed by atoms with Crippen molar-refractivity contribution in [3.63, 3.8) is 0 Å². The molecular weight excluding hydrogens is 278 g/mol. The summed E-state index contributed by atoms with van der Waals surface area (Å²) < 4.78 is 5.56. The summed E-state index contributed by atoms with van der Waals surface area (Å²) in [5.74, 6) is 0. The molecule has 0 radical (unpaired) electrons. The number of rotatable bonds is 2. The fourth-order valence-corrected chi connectivity index (χ4v) is 2.80. The molecule has 0 atom stereocenters. The predicted octanol–water partition coefficient (Wildman–Crippen LogP) is 5.16. The van der Waals surface area contributed by atoms with Gasteiger partial charge in [0, 0.05) is 23.1 Å². The van der Waals surface area contributed by atoms with Gasteiger partial charge in [0.05, 0.1) is 11.2 Å². The molecule has 0 saturated carbocycles. The van der Waals surface area contributed by atoms with Crippen molar-refractivity contribution in [2.75, 3.05) is 0 Å². The average molecular weight is 289 g/mol. The molecule has 0 aliphatic rings.